The number of amides is 1. The molecule has 1 aromatic heterocycles. The van der Waals surface area contributed by atoms with E-state index in [0.717, 1.165) is 35.6 Å². The molecule has 1 unspecified atom stereocenters. The summed E-state index contributed by atoms with van der Waals surface area (Å²) in [6.07, 6.45) is 0.650. The van der Waals surface area contributed by atoms with Crippen molar-refractivity contribution < 1.29 is 19.2 Å². The predicted molar refractivity (Wildman–Crippen MR) is 95.1 cm³/mol. The average Bonchev–Trinajstić information content (AvgIpc) is 2.98. The second-order valence-electron chi connectivity index (χ2n) is 6.51. The second kappa shape index (κ2) is 6.16. The van der Waals surface area contributed by atoms with E-state index in [1.165, 1.54) is 22.5 Å². The molecule has 1 aromatic carbocycles. The lowest BCUT2D eigenvalue weighted by Crippen LogP contribution is -3.08. The molecule has 2 aromatic rings. The van der Waals surface area contributed by atoms with Gasteiger partial charge in [0.15, 0.2) is 0 Å². The zero-order chi connectivity index (χ0) is 17.6. The number of benzene rings is 1. The number of quaternary nitrogens is 1. The van der Waals surface area contributed by atoms with Gasteiger partial charge in [-0.1, -0.05) is 12.1 Å². The van der Waals surface area contributed by atoms with Crippen molar-refractivity contribution in [3.63, 3.8) is 0 Å². The SMILES string of the molecule is COC(=O)c1ccc([C@H]2NC(=O)c3c(sc4c3CC[NH+](C)C4)N2)cc1. The summed E-state index contributed by atoms with van der Waals surface area (Å²) in [5.41, 5.74) is 3.41. The van der Waals surface area contributed by atoms with Gasteiger partial charge in [0.1, 0.15) is 17.7 Å². The van der Waals surface area contributed by atoms with Crippen LogP contribution in [0.3, 0.4) is 0 Å². The monoisotopic (exact) mass is 358 g/mol. The van der Waals surface area contributed by atoms with Crippen molar-refractivity contribution in [1.82, 2.24) is 5.32 Å². The van der Waals surface area contributed by atoms with Crippen LogP contribution in [0, 0.1) is 0 Å². The average molecular weight is 358 g/mol. The molecule has 6 nitrogen and oxygen atoms in total. The lowest BCUT2D eigenvalue weighted by molar-refractivity contribution is -0.895. The van der Waals surface area contributed by atoms with Gasteiger partial charge < -0.3 is 20.3 Å². The van der Waals surface area contributed by atoms with Crippen LogP contribution in [0.5, 0.6) is 0 Å². The molecule has 1 amide bonds. The van der Waals surface area contributed by atoms with E-state index in [1.54, 1.807) is 23.5 Å². The van der Waals surface area contributed by atoms with E-state index >= 15 is 0 Å². The Morgan fingerprint density at radius 2 is 2.04 bits per heavy atom. The summed E-state index contributed by atoms with van der Waals surface area (Å²) in [4.78, 5) is 27.0. The fourth-order valence-corrected chi connectivity index (χ4v) is 4.82. The molecule has 3 heterocycles. The molecule has 130 valence electrons. The van der Waals surface area contributed by atoms with Crippen molar-refractivity contribution in [2.45, 2.75) is 19.1 Å². The van der Waals surface area contributed by atoms with Gasteiger partial charge in [0.25, 0.3) is 5.91 Å². The van der Waals surface area contributed by atoms with Crippen LogP contribution in [-0.2, 0) is 17.7 Å². The number of likely N-dealkylation sites (N-methyl/N-ethyl adjacent to an activating group) is 1. The van der Waals surface area contributed by atoms with Crippen LogP contribution in [0.2, 0.25) is 0 Å². The van der Waals surface area contributed by atoms with Crippen molar-refractivity contribution in [2.24, 2.45) is 0 Å². The zero-order valence-corrected chi connectivity index (χ0v) is 15.0. The van der Waals surface area contributed by atoms with Crippen molar-refractivity contribution in [3.8, 4) is 0 Å². The van der Waals surface area contributed by atoms with Crippen molar-refractivity contribution >= 4 is 28.2 Å². The quantitative estimate of drug-likeness (QED) is 0.700. The van der Waals surface area contributed by atoms with Crippen LogP contribution in [0.1, 0.15) is 42.9 Å². The molecule has 2 atom stereocenters. The predicted octanol–water partition coefficient (Wildman–Crippen LogP) is 0.960. The Morgan fingerprint density at radius 3 is 2.76 bits per heavy atom. The number of hydrogen-bond acceptors (Lipinski definition) is 5. The summed E-state index contributed by atoms with van der Waals surface area (Å²) >= 11 is 1.69. The maximum atomic E-state index is 12.7. The van der Waals surface area contributed by atoms with E-state index in [-0.39, 0.29) is 18.0 Å². The fourth-order valence-electron chi connectivity index (χ4n) is 3.43. The highest BCUT2D eigenvalue weighted by atomic mass is 32.1. The number of rotatable bonds is 2. The normalized spacial score (nSPS) is 21.6. The molecule has 3 N–H and O–H groups in total. The zero-order valence-electron chi connectivity index (χ0n) is 14.1. The number of carbonyl (C=O) groups is 2. The molecule has 0 bridgehead atoms. The van der Waals surface area contributed by atoms with E-state index < -0.39 is 0 Å². The number of hydrogen-bond donors (Lipinski definition) is 3. The molecular weight excluding hydrogens is 338 g/mol. The van der Waals surface area contributed by atoms with E-state index in [9.17, 15) is 9.59 Å². The summed E-state index contributed by atoms with van der Waals surface area (Å²) < 4.78 is 4.72. The molecule has 2 aliphatic rings. The van der Waals surface area contributed by atoms with Gasteiger partial charge in [-0.25, -0.2) is 4.79 Å². The van der Waals surface area contributed by atoms with E-state index in [0.29, 0.717) is 5.56 Å². The van der Waals surface area contributed by atoms with E-state index in [4.69, 9.17) is 4.74 Å². The molecule has 25 heavy (non-hydrogen) atoms. The van der Waals surface area contributed by atoms with Gasteiger partial charge in [-0.3, -0.25) is 4.79 Å². The Morgan fingerprint density at radius 1 is 1.28 bits per heavy atom. The Bertz CT molecular complexity index is 844. The van der Waals surface area contributed by atoms with Crippen LogP contribution < -0.4 is 15.5 Å². The minimum absolute atomic E-state index is 0.0205. The first-order valence-electron chi connectivity index (χ1n) is 8.28. The molecule has 0 fully saturated rings. The number of methoxy groups -OCH3 is 1. The van der Waals surface area contributed by atoms with E-state index in [1.807, 2.05) is 12.1 Å². The molecule has 7 heteroatoms. The third kappa shape index (κ3) is 2.79. The van der Waals surface area contributed by atoms with Gasteiger partial charge in [-0.2, -0.15) is 0 Å². The van der Waals surface area contributed by atoms with Gasteiger partial charge in [0.2, 0.25) is 0 Å². The Kier molecular flexibility index (Phi) is 3.97. The van der Waals surface area contributed by atoms with Crippen molar-refractivity contribution in [3.05, 3.63) is 51.4 Å². The number of esters is 1. The highest BCUT2D eigenvalue weighted by Crippen LogP contribution is 2.38. The first-order valence-corrected chi connectivity index (χ1v) is 9.10. The number of ether oxygens (including phenoxy) is 1. The summed E-state index contributed by atoms with van der Waals surface area (Å²) in [6.45, 7) is 2.03. The summed E-state index contributed by atoms with van der Waals surface area (Å²) in [6, 6.07) is 7.09. The second-order valence-corrected chi connectivity index (χ2v) is 7.61. The van der Waals surface area contributed by atoms with Crippen LogP contribution in [0.4, 0.5) is 5.00 Å². The lowest BCUT2D eigenvalue weighted by Gasteiger charge is -2.27. The number of carbonyl (C=O) groups excluding carboxylic acids is 2. The largest absolute Gasteiger partial charge is 0.465 e. The first-order chi connectivity index (χ1) is 12.1. The Hall–Kier alpha value is -2.38. The van der Waals surface area contributed by atoms with Gasteiger partial charge in [-0.05, 0) is 23.3 Å². The molecular formula is C18H20N3O3S+. The van der Waals surface area contributed by atoms with Gasteiger partial charge >= 0.3 is 5.97 Å². The van der Waals surface area contributed by atoms with Crippen LogP contribution in [0.15, 0.2) is 24.3 Å². The van der Waals surface area contributed by atoms with Gasteiger partial charge in [0, 0.05) is 6.42 Å². The number of fused-ring (bicyclic) bond motifs is 3. The smallest absolute Gasteiger partial charge is 0.337 e. The Balaban J connectivity index is 1.61. The van der Waals surface area contributed by atoms with Crippen molar-refractivity contribution in [1.29, 1.82) is 0 Å². The van der Waals surface area contributed by atoms with Crippen LogP contribution in [0.25, 0.3) is 0 Å². The third-order valence-electron chi connectivity index (χ3n) is 4.80. The summed E-state index contributed by atoms with van der Waals surface area (Å²) in [5.74, 6) is -0.389. The number of thiophene rings is 1. The maximum absolute atomic E-state index is 12.7. The van der Waals surface area contributed by atoms with E-state index in [2.05, 4.69) is 17.7 Å². The van der Waals surface area contributed by atoms with Gasteiger partial charge in [0.05, 0.1) is 36.7 Å². The maximum Gasteiger partial charge on any atom is 0.337 e. The molecule has 0 saturated heterocycles. The number of nitrogens with one attached hydrogen (secondary N) is 3. The molecule has 2 aliphatic heterocycles. The molecule has 0 spiro atoms. The van der Waals surface area contributed by atoms with Crippen molar-refractivity contribution in [2.75, 3.05) is 26.0 Å². The Labute approximate surface area is 149 Å². The third-order valence-corrected chi connectivity index (χ3v) is 5.96. The van der Waals surface area contributed by atoms with Gasteiger partial charge in [-0.15, -0.1) is 11.3 Å². The highest BCUT2D eigenvalue weighted by molar-refractivity contribution is 7.16. The topological polar surface area (TPSA) is 71.9 Å². The highest BCUT2D eigenvalue weighted by Gasteiger charge is 2.33. The molecule has 4 rings (SSSR count). The van der Waals surface area contributed by atoms with Crippen LogP contribution in [-0.4, -0.2) is 32.6 Å². The minimum atomic E-state index is -0.368. The molecule has 0 aliphatic carbocycles. The first kappa shape index (κ1) is 16.1. The molecule has 0 saturated carbocycles. The summed E-state index contributed by atoms with van der Waals surface area (Å²) in [5, 5.41) is 7.42. The standard InChI is InChI=1S/C18H19N3O3S/c1-21-8-7-12-13(9-21)25-17-14(12)16(22)19-15(20-17)10-3-5-11(6-4-10)18(23)24-2/h3-6,15,20H,7-9H2,1-2H3,(H,19,22)/p+1/t15-/m0/s1. The van der Waals surface area contributed by atoms with Crippen LogP contribution >= 0.6 is 11.3 Å². The fraction of sp³-hybridized carbons (Fsp3) is 0.333. The summed E-state index contributed by atoms with van der Waals surface area (Å²) in [7, 11) is 3.54. The molecule has 0 radical (unpaired) electrons. The lowest BCUT2D eigenvalue weighted by atomic mass is 10.0. The number of anilines is 1. The minimum Gasteiger partial charge on any atom is -0.465 e.